The van der Waals surface area contributed by atoms with Crippen LogP contribution in [0.5, 0.6) is 5.75 Å². The minimum absolute atomic E-state index is 0.0472. The summed E-state index contributed by atoms with van der Waals surface area (Å²) < 4.78 is 10.5. The largest absolute Gasteiger partial charge is 0.496 e. The van der Waals surface area contributed by atoms with Crippen LogP contribution in [0.4, 0.5) is 0 Å². The van der Waals surface area contributed by atoms with Gasteiger partial charge in [-0.15, -0.1) is 0 Å². The van der Waals surface area contributed by atoms with Gasteiger partial charge in [-0.25, -0.2) is 14.8 Å². The van der Waals surface area contributed by atoms with Crippen LogP contribution in [0.3, 0.4) is 0 Å². The van der Waals surface area contributed by atoms with Crippen LogP contribution in [-0.2, 0) is 11.2 Å². The topological polar surface area (TPSA) is 114 Å². The lowest BCUT2D eigenvalue weighted by molar-refractivity contribution is 0.0659. The Kier molecular flexibility index (Phi) is 5.26. The normalized spacial score (nSPS) is 14.8. The molecule has 8 nitrogen and oxygen atoms in total. The average Bonchev–Trinajstić information content (AvgIpc) is 2.73. The third-order valence-electron chi connectivity index (χ3n) is 5.17. The first-order valence-corrected chi connectivity index (χ1v) is 9.44. The number of carbonyl (C=O) groups is 1. The molecule has 8 heteroatoms. The van der Waals surface area contributed by atoms with E-state index >= 15 is 0 Å². The van der Waals surface area contributed by atoms with E-state index < -0.39 is 5.97 Å². The van der Waals surface area contributed by atoms with Crippen molar-refractivity contribution >= 4 is 17.0 Å². The highest BCUT2D eigenvalue weighted by Gasteiger charge is 2.17. The van der Waals surface area contributed by atoms with E-state index in [-0.39, 0.29) is 16.9 Å². The molecule has 1 aliphatic heterocycles. The number of aromatic nitrogens is 3. The van der Waals surface area contributed by atoms with Crippen LogP contribution in [-0.4, -0.2) is 46.4 Å². The number of hydrogen-bond acceptors (Lipinski definition) is 6. The summed E-state index contributed by atoms with van der Waals surface area (Å²) in [5, 5.41) is 9.80. The number of rotatable bonds is 5. The highest BCUT2D eigenvalue weighted by molar-refractivity contribution is 5.92. The maximum absolute atomic E-state index is 12.5. The number of pyridine rings is 1. The van der Waals surface area contributed by atoms with Crippen molar-refractivity contribution in [2.75, 3.05) is 20.3 Å². The minimum Gasteiger partial charge on any atom is -0.496 e. The number of carboxylic acids is 1. The van der Waals surface area contributed by atoms with Gasteiger partial charge in [0.05, 0.1) is 18.2 Å². The molecular weight excluding hydrogens is 374 g/mol. The number of fused-ring (bicyclic) bond motifs is 1. The van der Waals surface area contributed by atoms with Crippen molar-refractivity contribution in [2.45, 2.75) is 19.3 Å². The van der Waals surface area contributed by atoms with E-state index in [1.165, 1.54) is 13.2 Å². The number of ether oxygens (including phenoxy) is 2. The number of H-pyrrole nitrogens is 1. The first-order chi connectivity index (χ1) is 14.0. The van der Waals surface area contributed by atoms with E-state index in [4.69, 9.17) is 9.47 Å². The smallest absolute Gasteiger partial charge is 0.339 e. The molecule has 0 bridgehead atoms. The molecule has 1 aliphatic rings. The van der Waals surface area contributed by atoms with Crippen molar-refractivity contribution in [3.63, 3.8) is 0 Å². The molecule has 0 aliphatic carbocycles. The van der Waals surface area contributed by atoms with Gasteiger partial charge in [0.15, 0.2) is 5.65 Å². The van der Waals surface area contributed by atoms with Gasteiger partial charge in [0.1, 0.15) is 17.1 Å². The van der Waals surface area contributed by atoms with Gasteiger partial charge in [0.2, 0.25) is 0 Å². The summed E-state index contributed by atoms with van der Waals surface area (Å²) in [4.78, 5) is 35.9. The number of nitrogens with one attached hydrogen (secondary N) is 1. The highest BCUT2D eigenvalue weighted by Crippen LogP contribution is 2.26. The maximum atomic E-state index is 12.5. The Bertz CT molecular complexity index is 1120. The molecule has 0 spiro atoms. The van der Waals surface area contributed by atoms with Crippen LogP contribution < -0.4 is 10.3 Å². The molecule has 1 saturated heterocycles. The molecule has 0 atom stereocenters. The SMILES string of the molecule is COc1ccc(-c2ccc3c(=O)[nH]c(CC4CCOCC4)nc3n2)cc1C(=O)O. The third kappa shape index (κ3) is 3.97. The number of carboxylic acid groups (broad SMARTS) is 1. The van der Waals surface area contributed by atoms with Gasteiger partial charge in [-0.1, -0.05) is 0 Å². The first-order valence-electron chi connectivity index (χ1n) is 9.44. The Morgan fingerprint density at radius 1 is 1.24 bits per heavy atom. The van der Waals surface area contributed by atoms with E-state index in [0.29, 0.717) is 40.5 Å². The van der Waals surface area contributed by atoms with Crippen LogP contribution in [0, 0.1) is 5.92 Å². The summed E-state index contributed by atoms with van der Waals surface area (Å²) in [6.07, 6.45) is 2.56. The minimum atomic E-state index is -1.09. The molecule has 0 amide bonds. The van der Waals surface area contributed by atoms with Crippen LogP contribution in [0.15, 0.2) is 35.1 Å². The van der Waals surface area contributed by atoms with E-state index in [0.717, 1.165) is 26.1 Å². The molecule has 1 fully saturated rings. The van der Waals surface area contributed by atoms with Crippen molar-refractivity contribution in [2.24, 2.45) is 5.92 Å². The fraction of sp³-hybridized carbons (Fsp3) is 0.333. The number of aromatic amines is 1. The van der Waals surface area contributed by atoms with Crippen molar-refractivity contribution in [1.82, 2.24) is 15.0 Å². The molecule has 3 aromatic rings. The number of hydrogen-bond donors (Lipinski definition) is 2. The van der Waals surface area contributed by atoms with Gasteiger partial charge in [0, 0.05) is 25.2 Å². The molecular formula is C21H21N3O5. The first kappa shape index (κ1) is 19.1. The number of nitrogens with zero attached hydrogens (tertiary/aromatic N) is 2. The van der Waals surface area contributed by atoms with Crippen LogP contribution in [0.1, 0.15) is 29.0 Å². The van der Waals surface area contributed by atoms with Gasteiger partial charge in [-0.05, 0) is 49.1 Å². The Balaban J connectivity index is 1.72. The lowest BCUT2D eigenvalue weighted by Gasteiger charge is -2.21. The quantitative estimate of drug-likeness (QED) is 0.682. The summed E-state index contributed by atoms with van der Waals surface area (Å²) in [6, 6.07) is 8.17. The van der Waals surface area contributed by atoms with Crippen LogP contribution >= 0.6 is 0 Å². The highest BCUT2D eigenvalue weighted by atomic mass is 16.5. The van der Waals surface area contributed by atoms with Crippen molar-refractivity contribution in [1.29, 1.82) is 0 Å². The Labute approximate surface area is 166 Å². The van der Waals surface area contributed by atoms with Crippen LogP contribution in [0.25, 0.3) is 22.3 Å². The zero-order chi connectivity index (χ0) is 20.4. The zero-order valence-electron chi connectivity index (χ0n) is 16.0. The van der Waals surface area contributed by atoms with E-state index in [1.54, 1.807) is 24.3 Å². The second-order valence-corrected chi connectivity index (χ2v) is 7.06. The lowest BCUT2D eigenvalue weighted by Crippen LogP contribution is -2.21. The molecule has 29 heavy (non-hydrogen) atoms. The second kappa shape index (κ2) is 8.00. The summed E-state index contributed by atoms with van der Waals surface area (Å²) in [5.74, 6) is 0.223. The summed E-state index contributed by atoms with van der Waals surface area (Å²) in [6.45, 7) is 1.46. The molecule has 1 aromatic carbocycles. The summed E-state index contributed by atoms with van der Waals surface area (Å²) in [5.41, 5.74) is 1.32. The molecule has 150 valence electrons. The average molecular weight is 395 g/mol. The molecule has 4 rings (SSSR count). The van der Waals surface area contributed by atoms with Gasteiger partial charge in [-0.2, -0.15) is 0 Å². The van der Waals surface area contributed by atoms with Crippen molar-refractivity contribution < 1.29 is 19.4 Å². The fourth-order valence-electron chi connectivity index (χ4n) is 3.58. The second-order valence-electron chi connectivity index (χ2n) is 7.06. The predicted molar refractivity (Wildman–Crippen MR) is 106 cm³/mol. The van der Waals surface area contributed by atoms with Gasteiger partial charge >= 0.3 is 5.97 Å². The monoisotopic (exact) mass is 395 g/mol. The molecule has 2 N–H and O–H groups in total. The number of methoxy groups -OCH3 is 1. The number of aromatic carboxylic acids is 1. The fourth-order valence-corrected chi connectivity index (χ4v) is 3.58. The zero-order valence-corrected chi connectivity index (χ0v) is 16.0. The third-order valence-corrected chi connectivity index (χ3v) is 5.17. The predicted octanol–water partition coefficient (Wildman–Crippen LogP) is 2.66. The van der Waals surface area contributed by atoms with E-state index in [9.17, 15) is 14.7 Å². The molecule has 2 aromatic heterocycles. The van der Waals surface area contributed by atoms with Crippen LogP contribution in [0.2, 0.25) is 0 Å². The Morgan fingerprint density at radius 3 is 2.76 bits per heavy atom. The molecule has 0 radical (unpaired) electrons. The molecule has 3 heterocycles. The summed E-state index contributed by atoms with van der Waals surface area (Å²) >= 11 is 0. The Hall–Kier alpha value is -3.26. The van der Waals surface area contributed by atoms with E-state index in [1.807, 2.05) is 0 Å². The van der Waals surface area contributed by atoms with Crippen molar-refractivity contribution in [3.05, 3.63) is 52.1 Å². The summed E-state index contributed by atoms with van der Waals surface area (Å²) in [7, 11) is 1.42. The Morgan fingerprint density at radius 2 is 2.03 bits per heavy atom. The van der Waals surface area contributed by atoms with Gasteiger partial charge in [0.25, 0.3) is 5.56 Å². The van der Waals surface area contributed by atoms with E-state index in [2.05, 4.69) is 15.0 Å². The molecule has 0 unspecified atom stereocenters. The van der Waals surface area contributed by atoms with Gasteiger partial charge < -0.3 is 19.6 Å². The van der Waals surface area contributed by atoms with Gasteiger partial charge in [-0.3, -0.25) is 4.79 Å². The molecule has 0 saturated carbocycles. The number of benzene rings is 1. The standard InChI is InChI=1S/C21H21N3O5/c1-28-17-5-2-13(11-15(17)21(26)27)16-4-3-14-19(22-16)23-18(24-20(14)25)10-12-6-8-29-9-7-12/h2-5,11-12H,6-10H2,1H3,(H,26,27)(H,22,23,24,25). The van der Waals surface area contributed by atoms with Crippen molar-refractivity contribution in [3.8, 4) is 17.0 Å². The lowest BCUT2D eigenvalue weighted by atomic mass is 9.96. The maximum Gasteiger partial charge on any atom is 0.339 e.